The van der Waals surface area contributed by atoms with Gasteiger partial charge in [-0.05, 0) is 47.8 Å². The largest absolute Gasteiger partial charge is 0.493 e. The second-order valence-corrected chi connectivity index (χ2v) is 7.41. The lowest BCUT2D eigenvalue weighted by atomic mass is 9.79. The van der Waals surface area contributed by atoms with Crippen LogP contribution in [0.2, 0.25) is 0 Å². The number of methoxy groups -OCH3 is 2. The molecule has 1 aromatic carbocycles. The molecule has 1 saturated heterocycles. The molecule has 6 heteroatoms. The molecule has 0 radical (unpaired) electrons. The molecular weight excluding hydrogens is 380 g/mol. The highest BCUT2D eigenvalue weighted by molar-refractivity contribution is 5.76. The van der Waals surface area contributed by atoms with E-state index in [9.17, 15) is 7.54 Å². The summed E-state index contributed by atoms with van der Waals surface area (Å²) >= 11 is 0. The molecule has 2 aliphatic rings. The van der Waals surface area contributed by atoms with E-state index in [1.807, 2.05) is 0 Å². The van der Waals surface area contributed by atoms with E-state index in [0.29, 0.717) is 11.8 Å². The quantitative estimate of drug-likeness (QED) is 0.660. The van der Waals surface area contributed by atoms with Gasteiger partial charge in [-0.3, -0.25) is 9.69 Å². The molecule has 1 fully saturated rings. The van der Waals surface area contributed by atoms with Gasteiger partial charge < -0.3 is 19.9 Å². The minimum Gasteiger partial charge on any atom is -0.493 e. The molecule has 30 heavy (non-hydrogen) atoms. The third-order valence-electron chi connectivity index (χ3n) is 4.88. The molecule has 2 heterocycles. The first-order chi connectivity index (χ1) is 20.8. The second kappa shape index (κ2) is 9.56. The number of piperidine rings is 1. The first-order valence-corrected chi connectivity index (χ1v) is 9.45. The van der Waals surface area contributed by atoms with Crippen LogP contribution in [0.3, 0.4) is 0 Å². The topological polar surface area (TPSA) is 74.0 Å². The Hall–Kier alpha value is -1.79. The summed E-state index contributed by atoms with van der Waals surface area (Å²) in [6.07, 6.45) is -11.0. The first-order valence-electron chi connectivity index (χ1n) is 17.9. The first kappa shape index (κ1) is 9.37. The standard InChI is InChI=1S/C24H38N2O4/c1-14(2)9-17-13-26-8-7-16-10-21(28-5)22(29-6)11-18(16)19(26)12-20(17)30-24(27)23(25)15(3)4/h10-11,14-15,17,19-20,23H,7-9,12-13,25H2,1-6H3/t17?,19?,20?,23-/m0/s1/i1D3,6D3,7D2,8D2,9D2,10D,11D,14D,19D,20D/t14?,17?,19?,20?,23-. The van der Waals surface area contributed by atoms with Gasteiger partial charge in [0.2, 0.25) is 0 Å². The third-order valence-corrected chi connectivity index (χ3v) is 4.88. The van der Waals surface area contributed by atoms with Gasteiger partial charge >= 0.3 is 5.97 Å². The lowest BCUT2D eigenvalue weighted by Gasteiger charge is -2.47. The van der Waals surface area contributed by atoms with Crippen LogP contribution in [0.1, 0.15) is 80.9 Å². The van der Waals surface area contributed by atoms with Crippen LogP contribution in [-0.4, -0.2) is 50.2 Å². The van der Waals surface area contributed by atoms with Crippen molar-refractivity contribution in [1.82, 2.24) is 4.90 Å². The molecule has 2 aliphatic heterocycles. The molecule has 3 rings (SSSR count). The number of carbonyl (C=O) groups is 1. The number of benzene rings is 1. The summed E-state index contributed by atoms with van der Waals surface area (Å²) in [5.41, 5.74) is 4.15. The lowest BCUT2D eigenvalue weighted by molar-refractivity contribution is -0.160. The molecule has 0 spiro atoms. The number of fused-ring (bicyclic) bond motifs is 3. The van der Waals surface area contributed by atoms with Gasteiger partial charge in [-0.25, -0.2) is 0 Å². The maximum Gasteiger partial charge on any atom is 0.323 e. The van der Waals surface area contributed by atoms with E-state index in [1.54, 1.807) is 0 Å². The Kier molecular flexibility index (Phi) is 2.99. The molecular formula is C24H38N2O4. The van der Waals surface area contributed by atoms with Gasteiger partial charge in [-0.15, -0.1) is 0 Å². The number of esters is 1. The van der Waals surface area contributed by atoms with E-state index >= 15 is 0 Å². The van der Waals surface area contributed by atoms with Crippen LogP contribution < -0.4 is 15.2 Å². The summed E-state index contributed by atoms with van der Waals surface area (Å²) in [7, 11) is -2.30. The number of hydrogen-bond acceptors (Lipinski definition) is 6. The highest BCUT2D eigenvalue weighted by Gasteiger charge is 2.41. The molecule has 0 saturated carbocycles. The molecule has 168 valence electrons. The van der Waals surface area contributed by atoms with E-state index in [0.717, 1.165) is 7.11 Å². The fourth-order valence-corrected chi connectivity index (χ4v) is 3.19. The maximum atomic E-state index is 13.2. The Morgan fingerprint density at radius 2 is 2.23 bits per heavy atom. The predicted octanol–water partition coefficient (Wildman–Crippen LogP) is 3.56. The monoisotopic (exact) mass is 435 g/mol. The lowest BCUT2D eigenvalue weighted by Crippen LogP contribution is -2.51. The van der Waals surface area contributed by atoms with Crippen molar-refractivity contribution < 1.29 is 42.3 Å². The summed E-state index contributed by atoms with van der Waals surface area (Å²) < 4.78 is 160. The van der Waals surface area contributed by atoms with E-state index in [-0.39, 0.29) is 0 Å². The van der Waals surface area contributed by atoms with Gasteiger partial charge in [-0.2, -0.15) is 0 Å². The fourth-order valence-electron chi connectivity index (χ4n) is 3.19. The molecule has 0 aliphatic carbocycles. The van der Waals surface area contributed by atoms with Gasteiger partial charge in [0.1, 0.15) is 12.1 Å². The Morgan fingerprint density at radius 3 is 2.90 bits per heavy atom. The van der Waals surface area contributed by atoms with Crippen molar-refractivity contribution >= 4 is 5.97 Å². The number of ether oxygens (including phenoxy) is 3. The van der Waals surface area contributed by atoms with Crippen molar-refractivity contribution in [2.45, 2.75) is 64.9 Å². The van der Waals surface area contributed by atoms with Crippen LogP contribution >= 0.6 is 0 Å². The van der Waals surface area contributed by atoms with Crippen LogP contribution in [0.15, 0.2) is 12.1 Å². The van der Waals surface area contributed by atoms with Crippen molar-refractivity contribution in [1.29, 1.82) is 0 Å². The van der Waals surface area contributed by atoms with Crippen molar-refractivity contribution in [3.8, 4) is 11.5 Å². The highest BCUT2D eigenvalue weighted by Crippen LogP contribution is 2.44. The van der Waals surface area contributed by atoms with Crippen LogP contribution in [0.4, 0.5) is 0 Å². The Labute approximate surface area is 204 Å². The Bertz CT molecular complexity index is 1410. The predicted molar refractivity (Wildman–Crippen MR) is 118 cm³/mol. The van der Waals surface area contributed by atoms with Gasteiger partial charge in [0.15, 0.2) is 11.5 Å². The van der Waals surface area contributed by atoms with Crippen LogP contribution in [0, 0.1) is 17.7 Å². The molecule has 2 N–H and O–H groups in total. The van der Waals surface area contributed by atoms with E-state index in [4.69, 9.17) is 40.5 Å². The number of carbonyl (C=O) groups excluding carboxylic acids is 1. The summed E-state index contributed by atoms with van der Waals surface area (Å²) in [5, 5.41) is 0. The second-order valence-electron chi connectivity index (χ2n) is 7.41. The van der Waals surface area contributed by atoms with Crippen molar-refractivity contribution in [2.24, 2.45) is 23.5 Å². The van der Waals surface area contributed by atoms with Gasteiger partial charge in [0, 0.05) is 45.1 Å². The van der Waals surface area contributed by atoms with Gasteiger partial charge in [0.25, 0.3) is 0 Å². The zero-order chi connectivity index (χ0) is 36.9. The molecule has 4 unspecified atom stereocenters. The molecule has 0 amide bonds. The molecule has 1 aromatic rings. The van der Waals surface area contributed by atoms with Gasteiger partial charge in [-0.1, -0.05) is 27.6 Å². The van der Waals surface area contributed by atoms with Gasteiger partial charge in [0.05, 0.1) is 23.7 Å². The zero-order valence-corrected chi connectivity index (χ0v) is 17.3. The van der Waals surface area contributed by atoms with Crippen molar-refractivity contribution in [2.75, 3.05) is 27.2 Å². The minimum absolute atomic E-state index is 0.409. The SMILES string of the molecule is [2H]c1c(OC([2H])([2H])[2H])c(OC)c([2H])c2c1C1([2H])CC([2H])(OC(=O)[C@@H](N)C(C)C)C(C([2H])([2H])C([2H])(C)C([2H])([2H])[2H])CN1C([2H])([2H])C2([2H])[2H]. The molecule has 0 bridgehead atoms. The summed E-state index contributed by atoms with van der Waals surface area (Å²) in [5.74, 6) is -8.88. The van der Waals surface area contributed by atoms with Crippen LogP contribution in [0.5, 0.6) is 11.5 Å². The molecule has 5 atom stereocenters. The van der Waals surface area contributed by atoms with Crippen molar-refractivity contribution in [3.05, 3.63) is 23.2 Å². The number of hydrogen-bond donors (Lipinski definition) is 1. The van der Waals surface area contributed by atoms with E-state index in [1.165, 1.54) is 13.8 Å². The maximum absolute atomic E-state index is 13.2. The average molecular weight is 436 g/mol. The summed E-state index contributed by atoms with van der Waals surface area (Å²) in [4.78, 5) is 13.6. The third kappa shape index (κ3) is 4.75. The number of nitrogens with two attached hydrogens (primary N) is 1. The highest BCUT2D eigenvalue weighted by atomic mass is 16.5. The van der Waals surface area contributed by atoms with Crippen molar-refractivity contribution in [3.63, 3.8) is 0 Å². The normalized spacial score (nSPS) is 44.7. The van der Waals surface area contributed by atoms with E-state index in [2.05, 4.69) is 0 Å². The van der Waals surface area contributed by atoms with Crippen LogP contribution in [-0.2, 0) is 15.9 Å². The smallest absolute Gasteiger partial charge is 0.323 e. The fraction of sp³-hybridized carbons (Fsp3) is 0.708. The molecule has 0 aromatic heterocycles. The van der Waals surface area contributed by atoms with E-state index < -0.39 is 123 Å². The van der Waals surface area contributed by atoms with Crippen LogP contribution in [0.25, 0.3) is 0 Å². The zero-order valence-electron chi connectivity index (χ0n) is 34.3. The Morgan fingerprint density at radius 1 is 1.47 bits per heavy atom. The Balaban J connectivity index is 2.50. The number of rotatable bonds is 7. The molecule has 6 nitrogen and oxygen atoms in total. The summed E-state index contributed by atoms with van der Waals surface area (Å²) in [6, 6.07) is -6.33. The average Bonchev–Trinajstić information content (AvgIpc) is 2.86. The summed E-state index contributed by atoms with van der Waals surface area (Å²) in [6.45, 7) is -4.20. The minimum atomic E-state index is -3.38. The number of nitrogens with zero attached hydrogens (tertiary/aromatic N) is 1.